The topological polar surface area (TPSA) is 46.6 Å². The summed E-state index contributed by atoms with van der Waals surface area (Å²) in [6, 6.07) is 7.72. The number of esters is 1. The monoisotopic (exact) mass is 327 g/mol. The van der Waals surface area contributed by atoms with Gasteiger partial charge in [-0.3, -0.25) is 9.59 Å². The molecule has 3 rings (SSSR count). The highest BCUT2D eigenvalue weighted by molar-refractivity contribution is 6.53. The highest BCUT2D eigenvalue weighted by Gasteiger charge is 2.69. The van der Waals surface area contributed by atoms with Crippen LogP contribution in [0.3, 0.4) is 0 Å². The fourth-order valence-corrected chi connectivity index (χ4v) is 3.27. The van der Waals surface area contributed by atoms with E-state index in [1.54, 1.807) is 11.8 Å². The number of rotatable bonds is 3. The average molecular weight is 328 g/mol. The summed E-state index contributed by atoms with van der Waals surface area (Å²) < 4.78 is 4.02. The first-order valence-corrected chi connectivity index (χ1v) is 7.54. The molecule has 4 nitrogen and oxygen atoms in total. The summed E-state index contributed by atoms with van der Waals surface area (Å²) in [4.78, 5) is 25.8. The predicted molar refractivity (Wildman–Crippen MR) is 80.6 cm³/mol. The van der Waals surface area contributed by atoms with E-state index in [4.69, 9.17) is 27.9 Å². The van der Waals surface area contributed by atoms with E-state index in [9.17, 15) is 9.59 Å². The molecule has 2 aliphatic rings. The van der Waals surface area contributed by atoms with Gasteiger partial charge in [0.15, 0.2) is 6.61 Å². The second kappa shape index (κ2) is 4.89. The molecule has 1 heterocycles. The molecule has 1 saturated carbocycles. The lowest BCUT2D eigenvalue weighted by atomic mass is 10.1. The highest BCUT2D eigenvalue weighted by atomic mass is 35.5. The number of fused-ring (bicyclic) bond motifs is 1. The minimum Gasteiger partial charge on any atom is -0.455 e. The van der Waals surface area contributed by atoms with Crippen LogP contribution in [-0.4, -0.2) is 29.4 Å². The Balaban J connectivity index is 1.60. The number of para-hydroxylation sites is 1. The molecule has 1 aromatic carbocycles. The van der Waals surface area contributed by atoms with E-state index < -0.39 is 15.7 Å². The van der Waals surface area contributed by atoms with Crippen LogP contribution in [0.2, 0.25) is 0 Å². The van der Waals surface area contributed by atoms with E-state index in [0.29, 0.717) is 13.0 Å². The van der Waals surface area contributed by atoms with Gasteiger partial charge in [0.2, 0.25) is 0 Å². The number of anilines is 1. The number of carbonyl (C=O) groups is 2. The second-order valence-electron chi connectivity index (χ2n) is 5.71. The molecule has 0 spiro atoms. The molecular formula is C15H15Cl2NO3. The number of carbonyl (C=O) groups excluding carboxylic acids is 2. The molecule has 0 saturated heterocycles. The highest BCUT2D eigenvalue weighted by Crippen LogP contribution is 2.64. The normalized spacial score (nSPS) is 25.4. The van der Waals surface area contributed by atoms with Crippen molar-refractivity contribution in [3.63, 3.8) is 0 Å². The summed E-state index contributed by atoms with van der Waals surface area (Å²) in [6.45, 7) is 1.97. The first-order chi connectivity index (χ1) is 9.85. The summed E-state index contributed by atoms with van der Waals surface area (Å²) in [5.74, 6) is -0.749. The van der Waals surface area contributed by atoms with Crippen molar-refractivity contribution in [2.24, 2.45) is 5.41 Å². The van der Waals surface area contributed by atoms with Crippen LogP contribution in [0.5, 0.6) is 0 Å². The van der Waals surface area contributed by atoms with E-state index in [0.717, 1.165) is 17.7 Å². The van der Waals surface area contributed by atoms with Gasteiger partial charge in [0.05, 0.1) is 0 Å². The van der Waals surface area contributed by atoms with Gasteiger partial charge in [0.25, 0.3) is 5.91 Å². The molecule has 1 aliphatic carbocycles. The maximum absolute atomic E-state index is 12.2. The van der Waals surface area contributed by atoms with Crippen molar-refractivity contribution in [3.8, 4) is 0 Å². The Kier molecular flexibility index (Phi) is 3.41. The predicted octanol–water partition coefficient (Wildman–Crippen LogP) is 2.70. The number of hydrogen-bond acceptors (Lipinski definition) is 3. The maximum Gasteiger partial charge on any atom is 0.315 e. The minimum atomic E-state index is -1.08. The molecule has 0 radical (unpaired) electrons. The van der Waals surface area contributed by atoms with Gasteiger partial charge < -0.3 is 9.64 Å². The third-order valence-electron chi connectivity index (χ3n) is 4.22. The van der Waals surface area contributed by atoms with Crippen LogP contribution in [0.1, 0.15) is 18.9 Å². The number of benzene rings is 1. The summed E-state index contributed by atoms with van der Waals surface area (Å²) in [5, 5.41) is 0. The quantitative estimate of drug-likeness (QED) is 0.633. The Labute approximate surface area is 133 Å². The average Bonchev–Trinajstić information content (AvgIpc) is 2.82. The molecule has 0 bridgehead atoms. The number of nitrogens with zero attached hydrogens (tertiary/aromatic N) is 1. The summed E-state index contributed by atoms with van der Waals surface area (Å²) >= 11 is 11.8. The summed E-state index contributed by atoms with van der Waals surface area (Å²) in [5.41, 5.74) is 1.12. The summed E-state index contributed by atoms with van der Waals surface area (Å²) in [6.07, 6.45) is 1.17. The standard InChI is InChI=1S/C15H15Cl2NO3/c1-14(9-15(14,16)17)13(20)21-8-12(19)18-7-6-10-4-2-3-5-11(10)18/h2-5H,6-9H2,1H3/t14-/m1/s1. The largest absolute Gasteiger partial charge is 0.455 e. The Hall–Kier alpha value is -1.26. The van der Waals surface area contributed by atoms with Crippen LogP contribution < -0.4 is 4.90 Å². The van der Waals surface area contributed by atoms with E-state index in [2.05, 4.69) is 0 Å². The van der Waals surface area contributed by atoms with Crippen molar-refractivity contribution in [1.29, 1.82) is 0 Å². The molecule has 112 valence electrons. The molecule has 0 N–H and O–H groups in total. The van der Waals surface area contributed by atoms with Gasteiger partial charge in [-0.05, 0) is 25.0 Å². The fraction of sp³-hybridized carbons (Fsp3) is 0.467. The molecule has 6 heteroatoms. The van der Waals surface area contributed by atoms with Gasteiger partial charge >= 0.3 is 5.97 Å². The molecule has 1 aromatic rings. The number of halogens is 2. The maximum atomic E-state index is 12.2. The number of amides is 1. The molecule has 1 fully saturated rings. The zero-order valence-corrected chi connectivity index (χ0v) is 13.1. The molecule has 21 heavy (non-hydrogen) atoms. The smallest absolute Gasteiger partial charge is 0.315 e. The number of ether oxygens (including phenoxy) is 1. The van der Waals surface area contributed by atoms with Crippen LogP contribution in [-0.2, 0) is 20.7 Å². The minimum absolute atomic E-state index is 0.229. The van der Waals surface area contributed by atoms with Crippen LogP contribution in [0.25, 0.3) is 0 Å². The van der Waals surface area contributed by atoms with Crippen molar-refractivity contribution >= 4 is 40.8 Å². The third-order valence-corrected chi connectivity index (χ3v) is 5.32. The van der Waals surface area contributed by atoms with Crippen LogP contribution in [0, 0.1) is 5.41 Å². The van der Waals surface area contributed by atoms with Crippen molar-refractivity contribution in [2.45, 2.75) is 24.1 Å². The molecule has 0 aromatic heterocycles. The zero-order chi connectivity index (χ0) is 15.3. The number of alkyl halides is 2. The van der Waals surface area contributed by atoms with Crippen molar-refractivity contribution in [1.82, 2.24) is 0 Å². The Morgan fingerprint density at radius 3 is 2.67 bits per heavy atom. The van der Waals surface area contributed by atoms with Gasteiger partial charge in [-0.15, -0.1) is 23.2 Å². The number of hydrogen-bond donors (Lipinski definition) is 0. The van der Waals surface area contributed by atoms with Gasteiger partial charge in [-0.25, -0.2) is 0 Å². The fourth-order valence-electron chi connectivity index (χ4n) is 2.58. The third kappa shape index (κ3) is 2.40. The SMILES string of the molecule is C[C@]1(C(=O)OCC(=O)N2CCc3ccccc32)CC1(Cl)Cl. The molecular weight excluding hydrogens is 313 g/mol. The lowest BCUT2D eigenvalue weighted by molar-refractivity contribution is -0.152. The Bertz CT molecular complexity index is 617. The van der Waals surface area contributed by atoms with Crippen molar-refractivity contribution in [2.75, 3.05) is 18.1 Å². The second-order valence-corrected chi connectivity index (χ2v) is 7.20. The van der Waals surface area contributed by atoms with Crippen LogP contribution in [0.4, 0.5) is 5.69 Å². The van der Waals surface area contributed by atoms with Gasteiger partial charge in [-0.1, -0.05) is 18.2 Å². The lowest BCUT2D eigenvalue weighted by Crippen LogP contribution is -2.34. The first kappa shape index (κ1) is 14.7. The lowest BCUT2D eigenvalue weighted by Gasteiger charge is -2.18. The molecule has 1 aliphatic heterocycles. The van der Waals surface area contributed by atoms with Gasteiger partial charge in [0, 0.05) is 18.7 Å². The Morgan fingerprint density at radius 1 is 1.33 bits per heavy atom. The summed E-state index contributed by atoms with van der Waals surface area (Å²) in [7, 11) is 0. The van der Waals surface area contributed by atoms with E-state index in [-0.39, 0.29) is 12.5 Å². The molecule has 0 unspecified atom stereocenters. The van der Waals surface area contributed by atoms with E-state index in [1.165, 1.54) is 0 Å². The van der Waals surface area contributed by atoms with Crippen LogP contribution >= 0.6 is 23.2 Å². The Morgan fingerprint density at radius 2 is 2.00 bits per heavy atom. The van der Waals surface area contributed by atoms with Crippen LogP contribution in [0.15, 0.2) is 24.3 Å². The molecule has 1 atom stereocenters. The first-order valence-electron chi connectivity index (χ1n) is 6.78. The van der Waals surface area contributed by atoms with Crippen molar-refractivity contribution < 1.29 is 14.3 Å². The zero-order valence-electron chi connectivity index (χ0n) is 11.6. The van der Waals surface area contributed by atoms with E-state index in [1.807, 2.05) is 24.3 Å². The van der Waals surface area contributed by atoms with Crippen molar-refractivity contribution in [3.05, 3.63) is 29.8 Å². The van der Waals surface area contributed by atoms with Gasteiger partial charge in [0.1, 0.15) is 9.75 Å². The van der Waals surface area contributed by atoms with Gasteiger partial charge in [-0.2, -0.15) is 0 Å². The molecule has 1 amide bonds. The van der Waals surface area contributed by atoms with E-state index >= 15 is 0 Å².